The van der Waals surface area contributed by atoms with Crippen LogP contribution >= 0.6 is 0 Å². The van der Waals surface area contributed by atoms with Crippen molar-refractivity contribution >= 4 is 16.6 Å². The molecule has 1 aromatic carbocycles. The third-order valence-corrected chi connectivity index (χ3v) is 7.27. The predicted octanol–water partition coefficient (Wildman–Crippen LogP) is 7.97. The number of fused-ring (bicyclic) bond motifs is 1. The van der Waals surface area contributed by atoms with Crippen LogP contribution in [-0.2, 0) is 6.42 Å². The Kier molecular flexibility index (Phi) is 5.45. The van der Waals surface area contributed by atoms with E-state index in [0.717, 1.165) is 35.4 Å². The number of benzene rings is 1. The number of allylic oxidation sites excluding steroid dienone is 4. The molecule has 1 nitrogen and oxygen atoms in total. The second-order valence-electron chi connectivity index (χ2n) is 10.5. The highest BCUT2D eigenvalue weighted by molar-refractivity contribution is 5.93. The van der Waals surface area contributed by atoms with Gasteiger partial charge in [0.2, 0.25) is 0 Å². The fourth-order valence-corrected chi connectivity index (χ4v) is 5.96. The Morgan fingerprint density at radius 2 is 1.90 bits per heavy atom. The number of hydrogen-bond acceptors (Lipinski definition) is 0. The highest BCUT2D eigenvalue weighted by atomic mass is 19.1. The summed E-state index contributed by atoms with van der Waals surface area (Å²) in [5, 5.41) is 1.05. The van der Waals surface area contributed by atoms with E-state index in [1.807, 2.05) is 25.1 Å². The molecular weight excluding hydrogens is 376 g/mol. The van der Waals surface area contributed by atoms with Gasteiger partial charge in [-0.25, -0.2) is 8.78 Å². The van der Waals surface area contributed by atoms with Crippen LogP contribution < -0.4 is 0 Å². The molecular formula is C27H35F2N. The molecule has 1 saturated carbocycles. The number of hydrogen-bond donors (Lipinski definition) is 0. The third kappa shape index (κ3) is 3.55. The number of halogens is 2. The minimum atomic E-state index is -0.982. The zero-order valence-corrected chi connectivity index (χ0v) is 19.2. The predicted molar refractivity (Wildman–Crippen MR) is 123 cm³/mol. The largest absolute Gasteiger partial charge is 0.311 e. The van der Waals surface area contributed by atoms with Gasteiger partial charge in [-0.3, -0.25) is 0 Å². The molecule has 0 saturated heterocycles. The molecule has 2 atom stereocenters. The Hall–Kier alpha value is -1.90. The van der Waals surface area contributed by atoms with Crippen molar-refractivity contribution in [1.82, 2.24) is 4.57 Å². The lowest BCUT2D eigenvalue weighted by atomic mass is 9.61. The summed E-state index contributed by atoms with van der Waals surface area (Å²) in [5.41, 5.74) is 5.51. The van der Waals surface area contributed by atoms with Gasteiger partial charge in [-0.05, 0) is 79.2 Å². The number of nitrogens with zero attached hydrogens (tertiary/aromatic N) is 1. The minimum Gasteiger partial charge on any atom is -0.311 e. The molecule has 30 heavy (non-hydrogen) atoms. The molecule has 2 aliphatic rings. The van der Waals surface area contributed by atoms with Gasteiger partial charge < -0.3 is 4.57 Å². The van der Waals surface area contributed by atoms with Gasteiger partial charge in [0.05, 0.1) is 5.52 Å². The first kappa shape index (κ1) is 21.3. The standard InChI is InChI=1S/C27H35F2N/c1-16(2)25-21(11-12-27(6)14-17(3)15-27)24-18(4)7-9-23(29)26(24)30(25)20-8-10-22(28)19(5)13-20/h7-10,13,16-17,19,22H,11-12,14-15H2,1-6H3. The van der Waals surface area contributed by atoms with Crippen LogP contribution in [-0.4, -0.2) is 10.7 Å². The number of aromatic nitrogens is 1. The van der Waals surface area contributed by atoms with Crippen molar-refractivity contribution in [3.8, 4) is 0 Å². The van der Waals surface area contributed by atoms with Gasteiger partial charge >= 0.3 is 0 Å². The average molecular weight is 412 g/mol. The zero-order valence-electron chi connectivity index (χ0n) is 19.2. The van der Waals surface area contributed by atoms with Crippen LogP contribution in [0.15, 0.2) is 30.4 Å². The molecule has 2 aliphatic carbocycles. The highest BCUT2D eigenvalue weighted by Crippen LogP contribution is 2.49. The topological polar surface area (TPSA) is 4.93 Å². The van der Waals surface area contributed by atoms with E-state index in [1.54, 1.807) is 12.1 Å². The summed E-state index contributed by atoms with van der Waals surface area (Å²) in [4.78, 5) is 0. The van der Waals surface area contributed by atoms with Crippen LogP contribution in [0.1, 0.15) is 76.6 Å². The summed E-state index contributed by atoms with van der Waals surface area (Å²) < 4.78 is 31.5. The van der Waals surface area contributed by atoms with Crippen molar-refractivity contribution in [1.29, 1.82) is 0 Å². The Morgan fingerprint density at radius 1 is 1.20 bits per heavy atom. The number of alkyl halides is 1. The van der Waals surface area contributed by atoms with Crippen LogP contribution in [0.4, 0.5) is 8.78 Å². The lowest BCUT2D eigenvalue weighted by Crippen LogP contribution is -2.33. The molecule has 0 N–H and O–H groups in total. The third-order valence-electron chi connectivity index (χ3n) is 7.27. The minimum absolute atomic E-state index is 0.198. The molecule has 1 fully saturated rings. The Morgan fingerprint density at radius 3 is 2.50 bits per heavy atom. The van der Waals surface area contributed by atoms with Gasteiger partial charge in [0.25, 0.3) is 0 Å². The van der Waals surface area contributed by atoms with E-state index in [2.05, 4.69) is 39.2 Å². The van der Waals surface area contributed by atoms with Gasteiger partial charge in [0, 0.05) is 22.7 Å². The number of aryl methyl sites for hydroxylation is 2. The van der Waals surface area contributed by atoms with Gasteiger partial charge in [0.15, 0.2) is 0 Å². The molecule has 1 aromatic heterocycles. The van der Waals surface area contributed by atoms with Crippen LogP contribution in [0.5, 0.6) is 0 Å². The highest BCUT2D eigenvalue weighted by Gasteiger charge is 2.37. The van der Waals surface area contributed by atoms with E-state index in [-0.39, 0.29) is 17.7 Å². The van der Waals surface area contributed by atoms with Crippen LogP contribution in [0.3, 0.4) is 0 Å². The van der Waals surface area contributed by atoms with Crippen LogP contribution in [0.25, 0.3) is 16.6 Å². The van der Waals surface area contributed by atoms with E-state index in [9.17, 15) is 4.39 Å². The summed E-state index contributed by atoms with van der Waals surface area (Å²) in [6, 6.07) is 3.47. The molecule has 162 valence electrons. The normalized spacial score (nSPS) is 28.8. The molecule has 0 spiro atoms. The van der Waals surface area contributed by atoms with E-state index in [0.29, 0.717) is 10.9 Å². The maximum absolute atomic E-state index is 15.3. The number of rotatable bonds is 5. The van der Waals surface area contributed by atoms with E-state index >= 15 is 4.39 Å². The van der Waals surface area contributed by atoms with Crippen LogP contribution in [0.2, 0.25) is 0 Å². The average Bonchev–Trinajstić information content (AvgIpc) is 3.01. The summed E-state index contributed by atoms with van der Waals surface area (Å²) in [6.45, 7) is 13.1. The molecule has 0 radical (unpaired) electrons. The SMILES string of the molecule is Cc1ccc(F)c2c1c(CCC1(C)CC(C)C1)c(C(C)C)n2C1=CC(C)C(F)C=C1. The molecule has 0 aliphatic heterocycles. The van der Waals surface area contributed by atoms with Crippen molar-refractivity contribution in [3.05, 3.63) is 53.0 Å². The van der Waals surface area contributed by atoms with Crippen molar-refractivity contribution in [2.24, 2.45) is 17.3 Å². The quantitative estimate of drug-likeness (QED) is 0.470. The Bertz CT molecular complexity index is 1020. The first-order valence-corrected chi connectivity index (χ1v) is 11.5. The molecule has 1 heterocycles. The van der Waals surface area contributed by atoms with Gasteiger partial charge in [-0.2, -0.15) is 0 Å². The van der Waals surface area contributed by atoms with Gasteiger partial charge in [0.1, 0.15) is 12.0 Å². The summed E-state index contributed by atoms with van der Waals surface area (Å²) in [5.74, 6) is 0.644. The summed E-state index contributed by atoms with van der Waals surface area (Å²) >= 11 is 0. The molecule has 4 rings (SSSR count). The summed E-state index contributed by atoms with van der Waals surface area (Å²) in [6.07, 6.45) is 9.06. The maximum Gasteiger partial charge on any atom is 0.147 e. The monoisotopic (exact) mass is 411 g/mol. The van der Waals surface area contributed by atoms with E-state index in [4.69, 9.17) is 0 Å². The van der Waals surface area contributed by atoms with Crippen molar-refractivity contribution in [2.45, 2.75) is 79.3 Å². The second-order valence-corrected chi connectivity index (χ2v) is 10.5. The first-order chi connectivity index (χ1) is 14.1. The smallest absolute Gasteiger partial charge is 0.147 e. The zero-order chi connectivity index (χ0) is 21.8. The molecule has 3 heteroatoms. The van der Waals surface area contributed by atoms with Crippen LogP contribution in [0, 0.1) is 30.0 Å². The van der Waals surface area contributed by atoms with Crippen molar-refractivity contribution < 1.29 is 8.78 Å². The fourth-order valence-electron chi connectivity index (χ4n) is 5.96. The lowest BCUT2D eigenvalue weighted by Gasteiger charge is -2.44. The first-order valence-electron chi connectivity index (χ1n) is 11.5. The molecule has 2 aromatic rings. The van der Waals surface area contributed by atoms with Gasteiger partial charge in [-0.15, -0.1) is 0 Å². The van der Waals surface area contributed by atoms with Crippen molar-refractivity contribution in [3.63, 3.8) is 0 Å². The van der Waals surface area contributed by atoms with Gasteiger partial charge in [-0.1, -0.05) is 46.8 Å². The van der Waals surface area contributed by atoms with Crippen molar-refractivity contribution in [2.75, 3.05) is 0 Å². The lowest BCUT2D eigenvalue weighted by molar-refractivity contribution is 0.0779. The molecule has 0 amide bonds. The Labute approximate surface area is 179 Å². The molecule has 0 bridgehead atoms. The second kappa shape index (κ2) is 7.66. The van der Waals surface area contributed by atoms with E-state index in [1.165, 1.54) is 24.1 Å². The summed E-state index contributed by atoms with van der Waals surface area (Å²) in [7, 11) is 0. The van der Waals surface area contributed by atoms with E-state index < -0.39 is 6.17 Å². The molecule has 2 unspecified atom stereocenters. The Balaban J connectivity index is 1.91. The fraction of sp³-hybridized carbons (Fsp3) is 0.556. The maximum atomic E-state index is 15.3.